The zero-order valence-electron chi connectivity index (χ0n) is 7.95. The van der Waals surface area contributed by atoms with Crippen molar-refractivity contribution in [1.82, 2.24) is 0 Å². The van der Waals surface area contributed by atoms with Gasteiger partial charge >= 0.3 is 0 Å². The zero-order chi connectivity index (χ0) is 9.38. The number of nitrogens with one attached hydrogen (secondary N) is 1. The molecule has 1 N–H and O–H groups in total. The highest BCUT2D eigenvalue weighted by Crippen LogP contribution is 2.33. The second-order valence-corrected chi connectivity index (χ2v) is 3.62. The van der Waals surface area contributed by atoms with E-state index in [1.54, 1.807) is 0 Å². The molecule has 74 valence electrons. The molecule has 2 heterocycles. The van der Waals surface area contributed by atoms with Crippen LogP contribution in [0.1, 0.15) is 17.4 Å². The minimum absolute atomic E-state index is 0.134. The molecule has 2 aliphatic rings. The molecule has 0 radical (unpaired) electrons. The Labute approximate surface area is 83.0 Å². The summed E-state index contributed by atoms with van der Waals surface area (Å²) in [6.07, 6.45) is 0.944. The third kappa shape index (κ3) is 1.21. The molecule has 1 aromatic carbocycles. The SMILES string of the molecule is c1cc2c(c(C3OCCO3)c1)CCN2. The van der Waals surface area contributed by atoms with E-state index in [9.17, 15) is 0 Å². The van der Waals surface area contributed by atoms with Gasteiger partial charge in [0.25, 0.3) is 0 Å². The Bertz CT molecular complexity index is 345. The molecule has 0 aromatic heterocycles. The number of anilines is 1. The van der Waals surface area contributed by atoms with E-state index < -0.39 is 0 Å². The van der Waals surface area contributed by atoms with Crippen LogP contribution in [0.15, 0.2) is 18.2 Å². The molecule has 3 heteroatoms. The van der Waals surface area contributed by atoms with Gasteiger partial charge in [0, 0.05) is 17.8 Å². The minimum Gasteiger partial charge on any atom is -0.384 e. The smallest absolute Gasteiger partial charge is 0.184 e. The number of hydrogen-bond donors (Lipinski definition) is 1. The van der Waals surface area contributed by atoms with Gasteiger partial charge in [0.15, 0.2) is 6.29 Å². The van der Waals surface area contributed by atoms with Crippen LogP contribution < -0.4 is 5.32 Å². The van der Waals surface area contributed by atoms with Crippen LogP contribution in [0.4, 0.5) is 5.69 Å². The Hall–Kier alpha value is -1.06. The summed E-state index contributed by atoms with van der Waals surface area (Å²) in [4.78, 5) is 0. The first-order chi connectivity index (χ1) is 6.95. The largest absolute Gasteiger partial charge is 0.384 e. The lowest BCUT2D eigenvalue weighted by molar-refractivity contribution is -0.0445. The fraction of sp³-hybridized carbons (Fsp3) is 0.455. The molecular weight excluding hydrogens is 178 g/mol. The van der Waals surface area contributed by atoms with Gasteiger partial charge in [-0.3, -0.25) is 0 Å². The Balaban J connectivity index is 2.00. The molecule has 0 aliphatic carbocycles. The summed E-state index contributed by atoms with van der Waals surface area (Å²) in [5.74, 6) is 0. The third-order valence-corrected chi connectivity index (χ3v) is 2.78. The summed E-state index contributed by atoms with van der Waals surface area (Å²) in [7, 11) is 0. The standard InChI is InChI=1S/C11H13NO2/c1-2-9(11-13-6-7-14-11)8-4-5-12-10(8)3-1/h1-3,11-12H,4-7H2. The fourth-order valence-corrected chi connectivity index (χ4v) is 2.13. The Morgan fingerprint density at radius 2 is 2.07 bits per heavy atom. The molecule has 3 rings (SSSR count). The lowest BCUT2D eigenvalue weighted by atomic mass is 10.0. The first-order valence-corrected chi connectivity index (χ1v) is 5.04. The van der Waals surface area contributed by atoms with Gasteiger partial charge in [0.1, 0.15) is 0 Å². The maximum atomic E-state index is 5.51. The van der Waals surface area contributed by atoms with E-state index in [2.05, 4.69) is 23.5 Å². The molecule has 0 amide bonds. The maximum Gasteiger partial charge on any atom is 0.184 e. The normalized spacial score (nSPS) is 20.9. The first-order valence-electron chi connectivity index (χ1n) is 5.04. The van der Waals surface area contributed by atoms with Crippen molar-refractivity contribution in [2.24, 2.45) is 0 Å². The van der Waals surface area contributed by atoms with Crippen LogP contribution in [0.5, 0.6) is 0 Å². The van der Waals surface area contributed by atoms with E-state index in [1.165, 1.54) is 16.8 Å². The van der Waals surface area contributed by atoms with Crippen molar-refractivity contribution < 1.29 is 9.47 Å². The molecule has 3 nitrogen and oxygen atoms in total. The Kier molecular flexibility index (Phi) is 1.92. The second-order valence-electron chi connectivity index (χ2n) is 3.62. The van der Waals surface area contributed by atoms with Crippen molar-refractivity contribution >= 4 is 5.69 Å². The lowest BCUT2D eigenvalue weighted by Crippen LogP contribution is -2.01. The molecule has 1 aromatic rings. The summed E-state index contributed by atoms with van der Waals surface area (Å²) >= 11 is 0. The minimum atomic E-state index is -0.134. The van der Waals surface area contributed by atoms with Crippen LogP contribution in [0.25, 0.3) is 0 Å². The quantitative estimate of drug-likeness (QED) is 0.732. The van der Waals surface area contributed by atoms with Gasteiger partial charge < -0.3 is 14.8 Å². The molecule has 2 aliphatic heterocycles. The molecule has 0 bridgehead atoms. The summed E-state index contributed by atoms with van der Waals surface area (Å²) < 4.78 is 11.0. The van der Waals surface area contributed by atoms with E-state index in [1.807, 2.05) is 0 Å². The van der Waals surface area contributed by atoms with Crippen molar-refractivity contribution in [1.29, 1.82) is 0 Å². The van der Waals surface area contributed by atoms with Gasteiger partial charge in [0.2, 0.25) is 0 Å². The van der Waals surface area contributed by atoms with Gasteiger partial charge in [-0.25, -0.2) is 0 Å². The predicted molar refractivity (Wildman–Crippen MR) is 53.3 cm³/mol. The molecule has 0 unspecified atom stereocenters. The van der Waals surface area contributed by atoms with E-state index >= 15 is 0 Å². The highest BCUT2D eigenvalue weighted by Gasteiger charge is 2.24. The highest BCUT2D eigenvalue weighted by molar-refractivity contribution is 5.58. The van der Waals surface area contributed by atoms with Gasteiger partial charge in [-0.05, 0) is 18.1 Å². The van der Waals surface area contributed by atoms with E-state index in [0.29, 0.717) is 13.2 Å². The second kappa shape index (κ2) is 3.26. The first kappa shape index (κ1) is 8.26. The van der Waals surface area contributed by atoms with Crippen LogP contribution in [0, 0.1) is 0 Å². The van der Waals surface area contributed by atoms with Gasteiger partial charge in [-0.2, -0.15) is 0 Å². The molecular formula is C11H13NO2. The van der Waals surface area contributed by atoms with E-state index in [4.69, 9.17) is 9.47 Å². The molecule has 14 heavy (non-hydrogen) atoms. The van der Waals surface area contributed by atoms with Crippen LogP contribution in [0.2, 0.25) is 0 Å². The number of hydrogen-bond acceptors (Lipinski definition) is 3. The average Bonchev–Trinajstić information content (AvgIpc) is 2.88. The van der Waals surface area contributed by atoms with Crippen molar-refractivity contribution in [3.05, 3.63) is 29.3 Å². The van der Waals surface area contributed by atoms with Gasteiger partial charge in [-0.15, -0.1) is 0 Å². The third-order valence-electron chi connectivity index (χ3n) is 2.78. The predicted octanol–water partition coefficient (Wildman–Crippen LogP) is 1.70. The monoisotopic (exact) mass is 191 g/mol. The lowest BCUT2D eigenvalue weighted by Gasteiger charge is -2.13. The molecule has 0 atom stereocenters. The molecule has 1 saturated heterocycles. The van der Waals surface area contributed by atoms with Crippen LogP contribution in [0.3, 0.4) is 0 Å². The number of ether oxygens (including phenoxy) is 2. The summed E-state index contributed by atoms with van der Waals surface area (Å²) in [5.41, 5.74) is 3.80. The summed E-state index contributed by atoms with van der Waals surface area (Å²) in [6.45, 7) is 2.45. The molecule has 1 fully saturated rings. The van der Waals surface area contributed by atoms with Crippen molar-refractivity contribution in [3.63, 3.8) is 0 Å². The number of fused-ring (bicyclic) bond motifs is 1. The molecule has 0 spiro atoms. The van der Waals surface area contributed by atoms with Crippen molar-refractivity contribution in [3.8, 4) is 0 Å². The van der Waals surface area contributed by atoms with E-state index in [0.717, 1.165) is 13.0 Å². The topological polar surface area (TPSA) is 30.5 Å². The zero-order valence-corrected chi connectivity index (χ0v) is 7.95. The van der Waals surface area contributed by atoms with Crippen LogP contribution in [-0.2, 0) is 15.9 Å². The maximum absolute atomic E-state index is 5.51. The van der Waals surface area contributed by atoms with Crippen LogP contribution in [-0.4, -0.2) is 19.8 Å². The van der Waals surface area contributed by atoms with Crippen molar-refractivity contribution in [2.75, 3.05) is 25.1 Å². The highest BCUT2D eigenvalue weighted by atomic mass is 16.7. The summed E-state index contributed by atoms with van der Waals surface area (Å²) in [5, 5.41) is 3.35. The fourth-order valence-electron chi connectivity index (χ4n) is 2.13. The molecule has 0 saturated carbocycles. The Morgan fingerprint density at radius 3 is 2.93 bits per heavy atom. The number of rotatable bonds is 1. The number of benzene rings is 1. The Morgan fingerprint density at radius 1 is 1.21 bits per heavy atom. The van der Waals surface area contributed by atoms with Gasteiger partial charge in [0.05, 0.1) is 13.2 Å². The van der Waals surface area contributed by atoms with Crippen molar-refractivity contribution in [2.45, 2.75) is 12.7 Å². The summed E-state index contributed by atoms with van der Waals surface area (Å²) in [6, 6.07) is 6.26. The van der Waals surface area contributed by atoms with E-state index in [-0.39, 0.29) is 6.29 Å². The van der Waals surface area contributed by atoms with Crippen LogP contribution >= 0.6 is 0 Å². The average molecular weight is 191 g/mol. The van der Waals surface area contributed by atoms with Gasteiger partial charge in [-0.1, -0.05) is 12.1 Å².